The van der Waals surface area contributed by atoms with E-state index in [1.807, 2.05) is 28.7 Å². The smallest absolute Gasteiger partial charge is 0.254 e. The van der Waals surface area contributed by atoms with Gasteiger partial charge in [0.25, 0.3) is 5.91 Å². The lowest BCUT2D eigenvalue weighted by atomic mass is 9.98. The molecule has 2 heterocycles. The van der Waals surface area contributed by atoms with Crippen molar-refractivity contribution in [3.05, 3.63) is 22.4 Å². The maximum Gasteiger partial charge on any atom is 0.254 e. The fourth-order valence-corrected chi connectivity index (χ4v) is 3.94. The minimum Gasteiger partial charge on any atom is -0.337 e. The van der Waals surface area contributed by atoms with E-state index in [0.717, 1.165) is 31.4 Å². The fraction of sp³-hybridized carbons (Fsp3) is 0.611. The third kappa shape index (κ3) is 4.39. The number of nitriles is 1. The van der Waals surface area contributed by atoms with Crippen molar-refractivity contribution >= 4 is 23.2 Å². The minimum atomic E-state index is -0.746. The van der Waals surface area contributed by atoms with Gasteiger partial charge in [0.2, 0.25) is 5.91 Å². The summed E-state index contributed by atoms with van der Waals surface area (Å²) < 4.78 is 0. The molecule has 3 rings (SSSR count). The molecule has 7 heteroatoms. The van der Waals surface area contributed by atoms with Crippen LogP contribution in [0.1, 0.15) is 36.5 Å². The van der Waals surface area contributed by atoms with Crippen molar-refractivity contribution < 1.29 is 9.59 Å². The Bertz CT molecular complexity index is 665. The molecule has 0 spiro atoms. The molecule has 0 radical (unpaired) electrons. The number of hydrogen-bond acceptors (Lipinski definition) is 5. The molecule has 1 aliphatic carbocycles. The SMILES string of the molecule is CC(C#N)(NC(=O)CN1CCCN(C(=O)c2ccsc2)CC1)C1CC1. The lowest BCUT2D eigenvalue weighted by Gasteiger charge is -2.26. The van der Waals surface area contributed by atoms with Gasteiger partial charge in [0.05, 0.1) is 18.2 Å². The molecule has 0 aromatic carbocycles. The first-order valence-electron chi connectivity index (χ1n) is 8.78. The van der Waals surface area contributed by atoms with Crippen molar-refractivity contribution in [1.82, 2.24) is 15.1 Å². The van der Waals surface area contributed by atoms with Crippen molar-refractivity contribution in [3.63, 3.8) is 0 Å². The van der Waals surface area contributed by atoms with Crippen LogP contribution in [-0.4, -0.2) is 59.9 Å². The van der Waals surface area contributed by atoms with Crippen LogP contribution in [-0.2, 0) is 4.79 Å². The third-order valence-corrected chi connectivity index (χ3v) is 5.72. The van der Waals surface area contributed by atoms with Gasteiger partial charge in [-0.15, -0.1) is 0 Å². The first-order valence-corrected chi connectivity index (χ1v) is 9.72. The topological polar surface area (TPSA) is 76.4 Å². The first-order chi connectivity index (χ1) is 12.0. The summed E-state index contributed by atoms with van der Waals surface area (Å²) in [6, 6.07) is 4.11. The molecule has 1 unspecified atom stereocenters. The molecule has 2 amide bonds. The molecule has 2 aliphatic rings. The van der Waals surface area contributed by atoms with Crippen LogP contribution in [0, 0.1) is 17.2 Å². The van der Waals surface area contributed by atoms with E-state index < -0.39 is 5.54 Å². The van der Waals surface area contributed by atoms with E-state index in [-0.39, 0.29) is 24.3 Å². The highest BCUT2D eigenvalue weighted by molar-refractivity contribution is 7.08. The Morgan fingerprint density at radius 1 is 1.36 bits per heavy atom. The molecule has 0 bridgehead atoms. The number of carbonyl (C=O) groups is 2. The fourth-order valence-electron chi connectivity index (χ4n) is 3.32. The van der Waals surface area contributed by atoms with Gasteiger partial charge >= 0.3 is 0 Å². The Balaban J connectivity index is 1.50. The molecule has 1 atom stereocenters. The van der Waals surface area contributed by atoms with E-state index >= 15 is 0 Å². The summed E-state index contributed by atoms with van der Waals surface area (Å²) in [6.07, 6.45) is 2.86. The zero-order valence-electron chi connectivity index (χ0n) is 14.5. The van der Waals surface area contributed by atoms with Gasteiger partial charge in [-0.1, -0.05) is 0 Å². The number of carbonyl (C=O) groups excluding carboxylic acids is 2. The summed E-state index contributed by atoms with van der Waals surface area (Å²) in [5.74, 6) is 0.246. The molecule has 1 aromatic rings. The lowest BCUT2D eigenvalue weighted by molar-refractivity contribution is -0.123. The highest BCUT2D eigenvalue weighted by Crippen LogP contribution is 2.39. The largest absolute Gasteiger partial charge is 0.337 e. The highest BCUT2D eigenvalue weighted by atomic mass is 32.1. The van der Waals surface area contributed by atoms with Gasteiger partial charge in [-0.2, -0.15) is 16.6 Å². The first kappa shape index (κ1) is 17.9. The van der Waals surface area contributed by atoms with Crippen molar-refractivity contribution in [2.75, 3.05) is 32.7 Å². The average Bonchev–Trinajstić information content (AvgIpc) is 3.36. The predicted molar refractivity (Wildman–Crippen MR) is 96.2 cm³/mol. The van der Waals surface area contributed by atoms with E-state index in [4.69, 9.17) is 0 Å². The molecule has 2 fully saturated rings. The molecule has 1 N–H and O–H groups in total. The van der Waals surface area contributed by atoms with Crippen molar-refractivity contribution in [2.24, 2.45) is 5.92 Å². The van der Waals surface area contributed by atoms with E-state index in [0.29, 0.717) is 19.6 Å². The summed E-state index contributed by atoms with van der Waals surface area (Å²) in [7, 11) is 0. The Morgan fingerprint density at radius 2 is 2.16 bits per heavy atom. The molecule has 25 heavy (non-hydrogen) atoms. The molecule has 134 valence electrons. The standard InChI is InChI=1S/C18H24N4O2S/c1-18(13-19,15-3-4-15)20-16(23)11-21-6-2-7-22(9-8-21)17(24)14-5-10-25-12-14/h5,10,12,15H,2-4,6-9,11H2,1H3,(H,20,23). The summed E-state index contributed by atoms with van der Waals surface area (Å²) in [4.78, 5) is 28.7. The second kappa shape index (κ2) is 7.54. The van der Waals surface area contributed by atoms with Gasteiger partial charge in [0.1, 0.15) is 5.54 Å². The molecule has 1 saturated carbocycles. The maximum absolute atomic E-state index is 12.4. The zero-order chi connectivity index (χ0) is 17.9. The van der Waals surface area contributed by atoms with Crippen LogP contribution in [0.5, 0.6) is 0 Å². The lowest BCUT2D eigenvalue weighted by Crippen LogP contribution is -2.50. The second-order valence-corrected chi connectivity index (χ2v) is 7.85. The predicted octanol–water partition coefficient (Wildman–Crippen LogP) is 1.70. The summed E-state index contributed by atoms with van der Waals surface area (Å²) in [5.41, 5.74) is -0.00502. The summed E-state index contributed by atoms with van der Waals surface area (Å²) in [6.45, 7) is 4.89. The Hall–Kier alpha value is -1.91. The van der Waals surface area contributed by atoms with Crippen LogP contribution in [0.15, 0.2) is 16.8 Å². The van der Waals surface area contributed by atoms with Crippen LogP contribution in [0.4, 0.5) is 0 Å². The van der Waals surface area contributed by atoms with Crippen LogP contribution in [0.2, 0.25) is 0 Å². The van der Waals surface area contributed by atoms with Crippen LogP contribution < -0.4 is 5.32 Å². The molecular formula is C18H24N4O2S. The van der Waals surface area contributed by atoms with Gasteiger partial charge in [-0.25, -0.2) is 0 Å². The van der Waals surface area contributed by atoms with Gasteiger partial charge < -0.3 is 10.2 Å². The average molecular weight is 360 g/mol. The van der Waals surface area contributed by atoms with Gasteiger partial charge in [-0.05, 0) is 43.6 Å². The minimum absolute atomic E-state index is 0.0679. The number of amides is 2. The van der Waals surface area contributed by atoms with Crippen molar-refractivity contribution in [1.29, 1.82) is 5.26 Å². The number of nitrogens with one attached hydrogen (secondary N) is 1. The van der Waals surface area contributed by atoms with Gasteiger partial charge in [-0.3, -0.25) is 14.5 Å². The van der Waals surface area contributed by atoms with Gasteiger partial charge in [0.15, 0.2) is 0 Å². The van der Waals surface area contributed by atoms with Crippen LogP contribution in [0.3, 0.4) is 0 Å². The van der Waals surface area contributed by atoms with E-state index in [1.54, 1.807) is 0 Å². The highest BCUT2D eigenvalue weighted by Gasteiger charge is 2.43. The summed E-state index contributed by atoms with van der Waals surface area (Å²) >= 11 is 1.52. The van der Waals surface area contributed by atoms with Crippen LogP contribution in [0.25, 0.3) is 0 Å². The third-order valence-electron chi connectivity index (χ3n) is 5.04. The van der Waals surface area contributed by atoms with Crippen molar-refractivity contribution in [3.8, 4) is 6.07 Å². The number of hydrogen-bond donors (Lipinski definition) is 1. The molecule has 1 aromatic heterocycles. The maximum atomic E-state index is 12.4. The molecular weight excluding hydrogens is 336 g/mol. The normalized spacial score (nSPS) is 21.0. The summed E-state index contributed by atoms with van der Waals surface area (Å²) in [5, 5.41) is 16.1. The van der Waals surface area contributed by atoms with E-state index in [1.165, 1.54) is 11.3 Å². The Labute approximate surface area is 152 Å². The van der Waals surface area contributed by atoms with E-state index in [2.05, 4.69) is 16.3 Å². The second-order valence-electron chi connectivity index (χ2n) is 7.07. The van der Waals surface area contributed by atoms with Gasteiger partial charge in [0, 0.05) is 31.6 Å². The van der Waals surface area contributed by atoms with Crippen LogP contribution >= 0.6 is 11.3 Å². The number of nitrogens with zero attached hydrogens (tertiary/aromatic N) is 3. The number of thiophene rings is 1. The molecule has 1 saturated heterocycles. The quantitative estimate of drug-likeness (QED) is 0.867. The molecule has 1 aliphatic heterocycles. The van der Waals surface area contributed by atoms with E-state index in [9.17, 15) is 14.9 Å². The zero-order valence-corrected chi connectivity index (χ0v) is 15.3. The monoisotopic (exact) mass is 360 g/mol. The number of rotatable bonds is 5. The van der Waals surface area contributed by atoms with Crippen molar-refractivity contribution in [2.45, 2.75) is 31.7 Å². The Kier molecular flexibility index (Phi) is 5.40. The Morgan fingerprint density at radius 3 is 2.80 bits per heavy atom. The molecule has 6 nitrogen and oxygen atoms in total.